The van der Waals surface area contributed by atoms with E-state index in [2.05, 4.69) is 19.2 Å². The molecule has 0 heterocycles. The first-order valence-corrected chi connectivity index (χ1v) is 6.77. The third-order valence-electron chi connectivity index (χ3n) is 3.42. The van der Waals surface area contributed by atoms with E-state index in [1.54, 1.807) is 7.11 Å². The van der Waals surface area contributed by atoms with E-state index in [0.29, 0.717) is 6.61 Å². The van der Waals surface area contributed by atoms with Gasteiger partial charge in [-0.1, -0.05) is 19.1 Å². The van der Waals surface area contributed by atoms with Crippen LogP contribution in [0.1, 0.15) is 26.7 Å². The van der Waals surface area contributed by atoms with E-state index in [4.69, 9.17) is 14.6 Å². The molecule has 0 saturated carbocycles. The molecule has 0 aliphatic carbocycles. The lowest BCUT2D eigenvalue weighted by molar-refractivity contribution is 0.203. The van der Waals surface area contributed by atoms with Crippen LogP contribution in [-0.4, -0.2) is 37.5 Å². The number of para-hydroxylation sites is 2. The van der Waals surface area contributed by atoms with Crippen LogP contribution in [-0.2, 0) is 0 Å². The summed E-state index contributed by atoms with van der Waals surface area (Å²) < 4.78 is 10.9. The smallest absolute Gasteiger partial charge is 0.161 e. The van der Waals surface area contributed by atoms with Crippen LogP contribution < -0.4 is 14.8 Å². The molecular formula is C15H25NO3. The lowest BCUT2D eigenvalue weighted by Gasteiger charge is -2.29. The maximum absolute atomic E-state index is 9.05. The zero-order valence-electron chi connectivity index (χ0n) is 12.1. The summed E-state index contributed by atoms with van der Waals surface area (Å²) in [7, 11) is 1.63. The van der Waals surface area contributed by atoms with Gasteiger partial charge in [-0.15, -0.1) is 0 Å². The number of aliphatic hydroxyl groups is 1. The predicted octanol–water partition coefficient (Wildman–Crippen LogP) is 2.21. The van der Waals surface area contributed by atoms with Gasteiger partial charge in [-0.05, 0) is 31.9 Å². The van der Waals surface area contributed by atoms with Crippen LogP contribution in [0.15, 0.2) is 24.3 Å². The second kappa shape index (κ2) is 8.02. The number of hydrogen-bond donors (Lipinski definition) is 2. The van der Waals surface area contributed by atoms with Crippen molar-refractivity contribution in [2.75, 3.05) is 26.9 Å². The van der Waals surface area contributed by atoms with Gasteiger partial charge in [-0.2, -0.15) is 0 Å². The molecule has 4 heteroatoms. The molecule has 2 N–H and O–H groups in total. The van der Waals surface area contributed by atoms with Crippen molar-refractivity contribution in [3.05, 3.63) is 24.3 Å². The number of benzene rings is 1. The van der Waals surface area contributed by atoms with Gasteiger partial charge in [0.25, 0.3) is 0 Å². The summed E-state index contributed by atoms with van der Waals surface area (Å²) in [6.07, 6.45) is 1.72. The summed E-state index contributed by atoms with van der Waals surface area (Å²) in [5.74, 6) is 1.50. The van der Waals surface area contributed by atoms with E-state index < -0.39 is 0 Å². The Morgan fingerprint density at radius 3 is 2.53 bits per heavy atom. The Balaban J connectivity index is 2.38. The van der Waals surface area contributed by atoms with Crippen LogP contribution in [0, 0.1) is 0 Å². The largest absolute Gasteiger partial charge is 0.493 e. The molecule has 0 saturated heterocycles. The Morgan fingerprint density at radius 2 is 1.95 bits per heavy atom. The van der Waals surface area contributed by atoms with Gasteiger partial charge in [0.1, 0.15) is 6.61 Å². The Bertz CT molecular complexity index is 370. The Labute approximate surface area is 115 Å². The van der Waals surface area contributed by atoms with Crippen molar-refractivity contribution < 1.29 is 14.6 Å². The van der Waals surface area contributed by atoms with Crippen molar-refractivity contribution in [1.29, 1.82) is 0 Å². The molecule has 1 aromatic rings. The monoisotopic (exact) mass is 267 g/mol. The summed E-state index contributed by atoms with van der Waals surface area (Å²) in [5.41, 5.74) is -0.0289. The lowest BCUT2D eigenvalue weighted by atomic mass is 9.95. The standard InChI is InChI=1S/C15H25NO3/c1-4-15(2,9-11-17)16-10-12-19-14-8-6-5-7-13(14)18-3/h5-8,16-17H,4,9-12H2,1-3H3. The highest BCUT2D eigenvalue weighted by atomic mass is 16.5. The first-order chi connectivity index (χ1) is 9.15. The van der Waals surface area contributed by atoms with Gasteiger partial charge in [-0.3, -0.25) is 0 Å². The molecule has 0 fully saturated rings. The maximum Gasteiger partial charge on any atom is 0.161 e. The minimum Gasteiger partial charge on any atom is -0.493 e. The van der Waals surface area contributed by atoms with E-state index in [0.717, 1.165) is 30.9 Å². The van der Waals surface area contributed by atoms with E-state index in [1.807, 2.05) is 24.3 Å². The topological polar surface area (TPSA) is 50.7 Å². The van der Waals surface area contributed by atoms with Crippen LogP contribution in [0.2, 0.25) is 0 Å². The Kier molecular flexibility index (Phi) is 6.67. The fourth-order valence-electron chi connectivity index (χ4n) is 1.89. The van der Waals surface area contributed by atoms with Gasteiger partial charge < -0.3 is 19.9 Å². The predicted molar refractivity (Wildman–Crippen MR) is 76.9 cm³/mol. The van der Waals surface area contributed by atoms with Crippen LogP contribution in [0.3, 0.4) is 0 Å². The van der Waals surface area contributed by atoms with E-state index in [1.165, 1.54) is 0 Å². The molecular weight excluding hydrogens is 242 g/mol. The van der Waals surface area contributed by atoms with Gasteiger partial charge in [-0.25, -0.2) is 0 Å². The summed E-state index contributed by atoms with van der Waals surface area (Å²) in [5, 5.41) is 12.5. The third-order valence-corrected chi connectivity index (χ3v) is 3.42. The van der Waals surface area contributed by atoms with Crippen molar-refractivity contribution in [3.8, 4) is 11.5 Å². The van der Waals surface area contributed by atoms with Crippen LogP contribution in [0.4, 0.5) is 0 Å². The number of methoxy groups -OCH3 is 1. The molecule has 0 radical (unpaired) electrons. The van der Waals surface area contributed by atoms with Gasteiger partial charge in [0.15, 0.2) is 11.5 Å². The van der Waals surface area contributed by atoms with Crippen LogP contribution >= 0.6 is 0 Å². The summed E-state index contributed by atoms with van der Waals surface area (Å²) in [6.45, 7) is 5.74. The van der Waals surface area contributed by atoms with E-state index in [-0.39, 0.29) is 12.1 Å². The number of rotatable bonds is 9. The van der Waals surface area contributed by atoms with Crippen molar-refractivity contribution in [3.63, 3.8) is 0 Å². The van der Waals surface area contributed by atoms with Gasteiger partial charge >= 0.3 is 0 Å². The molecule has 1 aromatic carbocycles. The number of ether oxygens (including phenoxy) is 2. The zero-order chi connectivity index (χ0) is 14.1. The normalized spacial score (nSPS) is 13.9. The minimum atomic E-state index is -0.0289. The molecule has 0 bridgehead atoms. The zero-order valence-corrected chi connectivity index (χ0v) is 12.1. The van der Waals surface area contributed by atoms with Gasteiger partial charge in [0, 0.05) is 18.7 Å². The van der Waals surface area contributed by atoms with E-state index >= 15 is 0 Å². The maximum atomic E-state index is 9.05. The highest BCUT2D eigenvalue weighted by molar-refractivity contribution is 5.39. The van der Waals surface area contributed by atoms with Gasteiger partial charge in [0.2, 0.25) is 0 Å². The van der Waals surface area contributed by atoms with E-state index in [9.17, 15) is 0 Å². The Hall–Kier alpha value is -1.26. The highest BCUT2D eigenvalue weighted by Gasteiger charge is 2.19. The quantitative estimate of drug-likeness (QED) is 0.674. The molecule has 1 atom stereocenters. The fraction of sp³-hybridized carbons (Fsp3) is 0.600. The number of hydrogen-bond acceptors (Lipinski definition) is 4. The van der Waals surface area contributed by atoms with Gasteiger partial charge in [0.05, 0.1) is 7.11 Å². The van der Waals surface area contributed by atoms with Crippen LogP contribution in [0.5, 0.6) is 11.5 Å². The SMILES string of the molecule is CCC(C)(CCO)NCCOc1ccccc1OC. The first kappa shape index (κ1) is 15.8. The lowest BCUT2D eigenvalue weighted by Crippen LogP contribution is -2.44. The number of nitrogens with one attached hydrogen (secondary N) is 1. The molecule has 1 rings (SSSR count). The molecule has 19 heavy (non-hydrogen) atoms. The number of aliphatic hydroxyl groups excluding tert-OH is 1. The second-order valence-electron chi connectivity index (χ2n) is 4.81. The fourth-order valence-corrected chi connectivity index (χ4v) is 1.89. The average molecular weight is 267 g/mol. The van der Waals surface area contributed by atoms with Crippen molar-refractivity contribution in [2.45, 2.75) is 32.2 Å². The summed E-state index contributed by atoms with van der Waals surface area (Å²) in [6, 6.07) is 7.61. The van der Waals surface area contributed by atoms with Crippen molar-refractivity contribution in [2.24, 2.45) is 0 Å². The highest BCUT2D eigenvalue weighted by Crippen LogP contribution is 2.25. The Morgan fingerprint density at radius 1 is 1.26 bits per heavy atom. The van der Waals surface area contributed by atoms with Crippen molar-refractivity contribution in [1.82, 2.24) is 5.32 Å². The molecule has 4 nitrogen and oxygen atoms in total. The summed E-state index contributed by atoms with van der Waals surface area (Å²) in [4.78, 5) is 0. The molecule has 0 amide bonds. The molecule has 1 unspecified atom stereocenters. The van der Waals surface area contributed by atoms with Crippen LogP contribution in [0.25, 0.3) is 0 Å². The third kappa shape index (κ3) is 5.09. The average Bonchev–Trinajstić information content (AvgIpc) is 2.44. The van der Waals surface area contributed by atoms with Crippen molar-refractivity contribution >= 4 is 0 Å². The molecule has 0 aromatic heterocycles. The first-order valence-electron chi connectivity index (χ1n) is 6.77. The second-order valence-corrected chi connectivity index (χ2v) is 4.81. The molecule has 0 aliphatic rings. The summed E-state index contributed by atoms with van der Waals surface area (Å²) >= 11 is 0. The molecule has 108 valence electrons. The minimum absolute atomic E-state index is 0.0289. The molecule has 0 aliphatic heterocycles. The molecule has 0 spiro atoms.